The number of hydrogen-bond donors (Lipinski definition) is 1. The summed E-state index contributed by atoms with van der Waals surface area (Å²) in [6.07, 6.45) is 2.90. The van der Waals surface area contributed by atoms with E-state index in [1.807, 2.05) is 18.2 Å². The lowest BCUT2D eigenvalue weighted by atomic mass is 10.1. The first-order valence-corrected chi connectivity index (χ1v) is 12.7. The van der Waals surface area contributed by atoms with Crippen LogP contribution >= 0.6 is 11.8 Å². The maximum absolute atomic E-state index is 12.6. The fourth-order valence-corrected chi connectivity index (χ4v) is 5.11. The molecule has 0 atom stereocenters. The average molecular weight is 489 g/mol. The Hall–Kier alpha value is -3.38. The van der Waals surface area contributed by atoms with Crippen molar-refractivity contribution in [3.05, 3.63) is 89.1 Å². The van der Waals surface area contributed by atoms with Crippen LogP contribution in [0.2, 0.25) is 0 Å². The second-order valence-electron chi connectivity index (χ2n) is 8.65. The zero-order chi connectivity index (χ0) is 24.8. The fraction of sp³-hybridized carbons (Fsp3) is 0.276. The third-order valence-corrected chi connectivity index (χ3v) is 7.18. The molecule has 35 heavy (non-hydrogen) atoms. The number of carbonyl (C=O) groups excluding carboxylic acids is 1. The maximum atomic E-state index is 12.6. The molecule has 1 N–H and O–H groups in total. The molecular weight excluding hydrogens is 456 g/mol. The Bertz CT molecular complexity index is 1330. The SMILES string of the molecule is COc1ccc(CCNC(=O)CSc2cn(Cc3cc(C)ccc3C)c3ccccc23)cc1OC. The lowest BCUT2D eigenvalue weighted by molar-refractivity contribution is -0.118. The van der Waals surface area contributed by atoms with Crippen LogP contribution in [0.25, 0.3) is 10.9 Å². The first kappa shape index (κ1) is 24.7. The molecule has 0 saturated carbocycles. The molecule has 0 aliphatic rings. The molecule has 1 heterocycles. The second-order valence-corrected chi connectivity index (χ2v) is 9.66. The molecule has 0 saturated heterocycles. The van der Waals surface area contributed by atoms with Crippen molar-refractivity contribution in [2.24, 2.45) is 0 Å². The summed E-state index contributed by atoms with van der Waals surface area (Å²) < 4.78 is 12.9. The summed E-state index contributed by atoms with van der Waals surface area (Å²) in [5.74, 6) is 1.81. The molecular formula is C29H32N2O3S. The monoisotopic (exact) mass is 488 g/mol. The Balaban J connectivity index is 1.37. The van der Waals surface area contributed by atoms with Crippen LogP contribution in [-0.4, -0.2) is 37.0 Å². The van der Waals surface area contributed by atoms with Crippen molar-refractivity contribution in [1.82, 2.24) is 9.88 Å². The number of rotatable bonds is 10. The molecule has 4 rings (SSSR count). The van der Waals surface area contributed by atoms with Crippen LogP contribution in [0.5, 0.6) is 11.5 Å². The Morgan fingerprint density at radius 2 is 1.77 bits per heavy atom. The number of aromatic nitrogens is 1. The highest BCUT2D eigenvalue weighted by Gasteiger charge is 2.12. The standard InChI is InChI=1S/C29H32N2O3S/c1-20-9-10-21(2)23(15-20)17-31-18-28(24-7-5-6-8-25(24)31)35-19-29(32)30-14-13-22-11-12-26(33-3)27(16-22)34-4/h5-12,15-16,18H,13-14,17,19H2,1-4H3,(H,30,32). The summed E-state index contributed by atoms with van der Waals surface area (Å²) in [5.41, 5.74) is 6.14. The summed E-state index contributed by atoms with van der Waals surface area (Å²) in [6.45, 7) is 5.67. The highest BCUT2D eigenvalue weighted by atomic mass is 32.2. The minimum Gasteiger partial charge on any atom is -0.493 e. The van der Waals surface area contributed by atoms with Crippen LogP contribution in [-0.2, 0) is 17.8 Å². The van der Waals surface area contributed by atoms with Crippen molar-refractivity contribution in [3.63, 3.8) is 0 Å². The zero-order valence-electron chi connectivity index (χ0n) is 20.8. The van der Waals surface area contributed by atoms with Crippen molar-refractivity contribution >= 4 is 28.6 Å². The molecule has 182 valence electrons. The number of nitrogens with zero attached hydrogens (tertiary/aromatic N) is 1. The Morgan fingerprint density at radius 1 is 0.971 bits per heavy atom. The number of amides is 1. The molecule has 0 bridgehead atoms. The number of hydrogen-bond acceptors (Lipinski definition) is 4. The molecule has 0 spiro atoms. The van der Waals surface area contributed by atoms with Crippen LogP contribution in [0.1, 0.15) is 22.3 Å². The first-order chi connectivity index (χ1) is 17.0. The van der Waals surface area contributed by atoms with Gasteiger partial charge in [0.15, 0.2) is 11.5 Å². The van der Waals surface area contributed by atoms with Gasteiger partial charge in [0.2, 0.25) is 5.91 Å². The van der Waals surface area contributed by atoms with Gasteiger partial charge in [-0.05, 0) is 55.2 Å². The number of nitrogens with one attached hydrogen (secondary N) is 1. The summed E-state index contributed by atoms with van der Waals surface area (Å²) in [7, 11) is 3.25. The summed E-state index contributed by atoms with van der Waals surface area (Å²) >= 11 is 1.58. The molecule has 3 aromatic carbocycles. The quantitative estimate of drug-likeness (QED) is 0.288. The van der Waals surface area contributed by atoms with Gasteiger partial charge in [-0.2, -0.15) is 0 Å². The van der Waals surface area contributed by atoms with Gasteiger partial charge in [0.1, 0.15) is 0 Å². The number of ether oxygens (including phenoxy) is 2. The van der Waals surface area contributed by atoms with Gasteiger partial charge < -0.3 is 19.4 Å². The predicted octanol–water partition coefficient (Wildman–Crippen LogP) is 5.77. The Kier molecular flexibility index (Phi) is 8.03. The fourth-order valence-electron chi connectivity index (χ4n) is 4.19. The molecule has 1 amide bonds. The number of fused-ring (bicyclic) bond motifs is 1. The largest absolute Gasteiger partial charge is 0.493 e. The van der Waals surface area contributed by atoms with Crippen LogP contribution in [0.15, 0.2) is 71.8 Å². The molecule has 1 aromatic heterocycles. The number of benzene rings is 3. The number of methoxy groups -OCH3 is 2. The molecule has 6 heteroatoms. The predicted molar refractivity (Wildman–Crippen MR) is 144 cm³/mol. The average Bonchev–Trinajstić information content (AvgIpc) is 3.22. The van der Waals surface area contributed by atoms with Crippen molar-refractivity contribution < 1.29 is 14.3 Å². The van der Waals surface area contributed by atoms with Gasteiger partial charge in [0.05, 0.1) is 20.0 Å². The highest BCUT2D eigenvalue weighted by molar-refractivity contribution is 8.00. The van der Waals surface area contributed by atoms with E-state index in [1.54, 1.807) is 26.0 Å². The molecule has 4 aromatic rings. The Morgan fingerprint density at radius 3 is 2.57 bits per heavy atom. The van der Waals surface area contributed by atoms with Crippen molar-refractivity contribution in [1.29, 1.82) is 0 Å². The second kappa shape index (κ2) is 11.4. The molecule has 0 radical (unpaired) electrons. The van der Waals surface area contributed by atoms with Crippen LogP contribution in [0.3, 0.4) is 0 Å². The summed E-state index contributed by atoms with van der Waals surface area (Å²) in [6, 6.07) is 20.8. The van der Waals surface area contributed by atoms with Crippen molar-refractivity contribution in [2.75, 3.05) is 26.5 Å². The first-order valence-electron chi connectivity index (χ1n) is 11.7. The van der Waals surface area contributed by atoms with E-state index in [4.69, 9.17) is 9.47 Å². The third kappa shape index (κ3) is 6.01. The van der Waals surface area contributed by atoms with Gasteiger partial charge in [-0.25, -0.2) is 0 Å². The lowest BCUT2D eigenvalue weighted by Gasteiger charge is -2.10. The van der Waals surface area contributed by atoms with Crippen LogP contribution < -0.4 is 14.8 Å². The van der Waals surface area contributed by atoms with E-state index in [0.29, 0.717) is 23.8 Å². The molecule has 0 aliphatic heterocycles. The van der Waals surface area contributed by atoms with E-state index in [-0.39, 0.29) is 5.91 Å². The van der Waals surface area contributed by atoms with E-state index in [2.05, 4.69) is 72.4 Å². The number of carbonyl (C=O) groups is 1. The van der Waals surface area contributed by atoms with E-state index in [0.717, 1.165) is 23.4 Å². The van der Waals surface area contributed by atoms with Gasteiger partial charge in [0.25, 0.3) is 0 Å². The van der Waals surface area contributed by atoms with Gasteiger partial charge >= 0.3 is 0 Å². The normalized spacial score (nSPS) is 11.0. The topological polar surface area (TPSA) is 52.5 Å². The lowest BCUT2D eigenvalue weighted by Crippen LogP contribution is -2.27. The summed E-state index contributed by atoms with van der Waals surface area (Å²) in [4.78, 5) is 13.7. The van der Waals surface area contributed by atoms with E-state index < -0.39 is 0 Å². The van der Waals surface area contributed by atoms with E-state index >= 15 is 0 Å². The smallest absolute Gasteiger partial charge is 0.230 e. The van der Waals surface area contributed by atoms with Crippen LogP contribution in [0, 0.1) is 13.8 Å². The third-order valence-electron chi connectivity index (χ3n) is 6.14. The minimum absolute atomic E-state index is 0.0295. The molecule has 5 nitrogen and oxygen atoms in total. The van der Waals surface area contributed by atoms with Gasteiger partial charge in [-0.1, -0.05) is 48.0 Å². The Labute approximate surface area is 211 Å². The van der Waals surface area contributed by atoms with E-state index in [9.17, 15) is 4.79 Å². The number of thioether (sulfide) groups is 1. The number of aryl methyl sites for hydroxylation is 2. The highest BCUT2D eigenvalue weighted by Crippen LogP contribution is 2.31. The molecule has 0 unspecified atom stereocenters. The van der Waals surface area contributed by atoms with Crippen LogP contribution in [0.4, 0.5) is 0 Å². The maximum Gasteiger partial charge on any atom is 0.230 e. The van der Waals surface area contributed by atoms with Gasteiger partial charge in [-0.15, -0.1) is 11.8 Å². The van der Waals surface area contributed by atoms with Crippen molar-refractivity contribution in [3.8, 4) is 11.5 Å². The molecule has 0 fully saturated rings. The van der Waals surface area contributed by atoms with Gasteiger partial charge in [-0.3, -0.25) is 4.79 Å². The van der Waals surface area contributed by atoms with E-state index in [1.165, 1.54) is 27.6 Å². The zero-order valence-corrected chi connectivity index (χ0v) is 21.6. The van der Waals surface area contributed by atoms with Crippen molar-refractivity contribution in [2.45, 2.75) is 31.7 Å². The number of para-hydroxylation sites is 1. The minimum atomic E-state index is 0.0295. The summed E-state index contributed by atoms with van der Waals surface area (Å²) in [5, 5.41) is 4.22. The van der Waals surface area contributed by atoms with Gasteiger partial charge in [0, 0.05) is 35.1 Å². The molecule has 0 aliphatic carbocycles.